The third-order valence-corrected chi connectivity index (χ3v) is 3.88. The van der Waals surface area contributed by atoms with E-state index in [1.165, 1.54) is 0 Å². The Balaban J connectivity index is 1.61. The molecule has 2 heterocycles. The van der Waals surface area contributed by atoms with Crippen LogP contribution in [0.5, 0.6) is 0 Å². The first-order valence-electron chi connectivity index (χ1n) is 7.63. The molecule has 0 aliphatic carbocycles. The van der Waals surface area contributed by atoms with Crippen molar-refractivity contribution in [1.82, 2.24) is 15.1 Å². The van der Waals surface area contributed by atoms with Crippen LogP contribution in [0.1, 0.15) is 12.8 Å². The third-order valence-electron chi connectivity index (χ3n) is 3.88. The molecule has 1 unspecified atom stereocenters. The monoisotopic (exact) mass is 285 g/mol. The number of hydrogen-bond donors (Lipinski definition) is 1. The lowest BCUT2D eigenvalue weighted by atomic mass is 10.2. The molecule has 2 rings (SSSR count). The Morgan fingerprint density at radius 2 is 2.05 bits per heavy atom. The van der Waals surface area contributed by atoms with Crippen LogP contribution in [0.2, 0.25) is 0 Å². The maximum absolute atomic E-state index is 12.0. The molecule has 0 aromatic rings. The molecule has 6 heteroatoms. The number of amides is 1. The molecular weight excluding hydrogens is 258 g/mol. The van der Waals surface area contributed by atoms with Gasteiger partial charge in [0.25, 0.3) is 0 Å². The first-order valence-corrected chi connectivity index (χ1v) is 7.63. The summed E-state index contributed by atoms with van der Waals surface area (Å²) in [6, 6.07) is 0. The average Bonchev–Trinajstić information content (AvgIpc) is 2.49. The first-order chi connectivity index (χ1) is 9.79. The fourth-order valence-corrected chi connectivity index (χ4v) is 2.76. The van der Waals surface area contributed by atoms with Gasteiger partial charge < -0.3 is 19.7 Å². The topological polar surface area (TPSA) is 54.0 Å². The van der Waals surface area contributed by atoms with Crippen LogP contribution in [-0.4, -0.2) is 87.9 Å². The Kier molecular flexibility index (Phi) is 6.72. The van der Waals surface area contributed by atoms with Gasteiger partial charge >= 0.3 is 0 Å². The van der Waals surface area contributed by atoms with Crippen molar-refractivity contribution in [3.05, 3.63) is 0 Å². The summed E-state index contributed by atoms with van der Waals surface area (Å²) in [6.45, 7) is 7.48. The molecule has 1 amide bonds. The van der Waals surface area contributed by atoms with Gasteiger partial charge in [0.15, 0.2) is 0 Å². The highest BCUT2D eigenvalue weighted by molar-refractivity contribution is 5.76. The molecule has 2 aliphatic heterocycles. The van der Waals surface area contributed by atoms with E-state index in [9.17, 15) is 4.79 Å². The second-order valence-corrected chi connectivity index (χ2v) is 5.45. The van der Waals surface area contributed by atoms with Crippen molar-refractivity contribution < 1.29 is 14.3 Å². The molecule has 0 aromatic carbocycles. The van der Waals surface area contributed by atoms with Crippen LogP contribution in [0.15, 0.2) is 0 Å². The van der Waals surface area contributed by atoms with E-state index in [1.807, 2.05) is 11.9 Å². The van der Waals surface area contributed by atoms with Crippen molar-refractivity contribution in [2.75, 3.05) is 66.1 Å². The SMILES string of the molecule is CNCC1CN(CCCC(=O)N2CCOCC2)CCO1. The lowest BCUT2D eigenvalue weighted by Gasteiger charge is -2.33. The molecule has 0 spiro atoms. The number of rotatable bonds is 6. The van der Waals surface area contributed by atoms with Crippen molar-refractivity contribution in [3.8, 4) is 0 Å². The number of carbonyl (C=O) groups excluding carboxylic acids is 1. The van der Waals surface area contributed by atoms with Crippen LogP contribution in [-0.2, 0) is 14.3 Å². The van der Waals surface area contributed by atoms with Gasteiger partial charge in [-0.25, -0.2) is 0 Å². The number of nitrogens with zero attached hydrogens (tertiary/aromatic N) is 2. The number of nitrogens with one attached hydrogen (secondary N) is 1. The maximum Gasteiger partial charge on any atom is 0.222 e. The average molecular weight is 285 g/mol. The van der Waals surface area contributed by atoms with Crippen molar-refractivity contribution >= 4 is 5.91 Å². The van der Waals surface area contributed by atoms with Crippen molar-refractivity contribution in [3.63, 3.8) is 0 Å². The fourth-order valence-electron chi connectivity index (χ4n) is 2.76. The molecule has 2 fully saturated rings. The van der Waals surface area contributed by atoms with E-state index in [0.717, 1.165) is 52.3 Å². The lowest BCUT2D eigenvalue weighted by Crippen LogP contribution is -2.46. The number of hydrogen-bond acceptors (Lipinski definition) is 5. The van der Waals surface area contributed by atoms with Crippen LogP contribution in [0.25, 0.3) is 0 Å². The number of likely N-dealkylation sites (N-methyl/N-ethyl adjacent to an activating group) is 1. The zero-order valence-corrected chi connectivity index (χ0v) is 12.5. The minimum atomic E-state index is 0.272. The van der Waals surface area contributed by atoms with Gasteiger partial charge in [0, 0.05) is 39.1 Å². The molecule has 2 aliphatic rings. The number of carbonyl (C=O) groups is 1. The van der Waals surface area contributed by atoms with E-state index in [2.05, 4.69) is 10.2 Å². The van der Waals surface area contributed by atoms with Crippen LogP contribution < -0.4 is 5.32 Å². The molecule has 0 aromatic heterocycles. The third kappa shape index (κ3) is 5.01. The molecule has 1 atom stereocenters. The summed E-state index contributed by atoms with van der Waals surface area (Å²) in [4.78, 5) is 16.3. The highest BCUT2D eigenvalue weighted by atomic mass is 16.5. The van der Waals surface area contributed by atoms with Gasteiger partial charge in [0.1, 0.15) is 0 Å². The van der Waals surface area contributed by atoms with Gasteiger partial charge in [-0.05, 0) is 20.0 Å². The summed E-state index contributed by atoms with van der Waals surface area (Å²) >= 11 is 0. The standard InChI is InChI=1S/C14H27N3O3/c1-15-11-13-12-16(5-10-20-13)4-2-3-14(18)17-6-8-19-9-7-17/h13,15H,2-12H2,1H3. The summed E-state index contributed by atoms with van der Waals surface area (Å²) in [5.41, 5.74) is 0. The van der Waals surface area contributed by atoms with Gasteiger partial charge in [-0.15, -0.1) is 0 Å². The van der Waals surface area contributed by atoms with E-state index in [-0.39, 0.29) is 12.0 Å². The minimum Gasteiger partial charge on any atom is -0.378 e. The van der Waals surface area contributed by atoms with Crippen LogP contribution >= 0.6 is 0 Å². The summed E-state index contributed by atoms with van der Waals surface area (Å²) in [6.07, 6.45) is 1.86. The van der Waals surface area contributed by atoms with Crippen molar-refractivity contribution in [2.45, 2.75) is 18.9 Å². The molecule has 0 saturated carbocycles. The highest BCUT2D eigenvalue weighted by Gasteiger charge is 2.20. The van der Waals surface area contributed by atoms with E-state index >= 15 is 0 Å². The van der Waals surface area contributed by atoms with Gasteiger partial charge in [-0.1, -0.05) is 0 Å². The van der Waals surface area contributed by atoms with Crippen LogP contribution in [0.4, 0.5) is 0 Å². The summed E-state index contributed by atoms with van der Waals surface area (Å²) < 4.78 is 10.9. The summed E-state index contributed by atoms with van der Waals surface area (Å²) in [7, 11) is 1.95. The zero-order chi connectivity index (χ0) is 14.2. The molecule has 0 bridgehead atoms. The Hall–Kier alpha value is -0.690. The molecule has 1 N–H and O–H groups in total. The van der Waals surface area contributed by atoms with Gasteiger partial charge in [0.05, 0.1) is 25.9 Å². The first kappa shape index (κ1) is 15.7. The Bertz CT molecular complexity index is 293. The Morgan fingerprint density at radius 3 is 2.80 bits per heavy atom. The number of morpholine rings is 2. The van der Waals surface area contributed by atoms with Gasteiger partial charge in [-0.2, -0.15) is 0 Å². The predicted molar refractivity (Wildman–Crippen MR) is 76.7 cm³/mol. The Labute approximate surface area is 121 Å². The van der Waals surface area contributed by atoms with E-state index in [1.54, 1.807) is 0 Å². The van der Waals surface area contributed by atoms with Crippen LogP contribution in [0.3, 0.4) is 0 Å². The second-order valence-electron chi connectivity index (χ2n) is 5.45. The van der Waals surface area contributed by atoms with E-state index < -0.39 is 0 Å². The summed E-state index contributed by atoms with van der Waals surface area (Å²) in [5, 5.41) is 3.15. The highest BCUT2D eigenvalue weighted by Crippen LogP contribution is 2.07. The van der Waals surface area contributed by atoms with Crippen molar-refractivity contribution in [2.24, 2.45) is 0 Å². The van der Waals surface area contributed by atoms with Crippen molar-refractivity contribution in [1.29, 1.82) is 0 Å². The smallest absolute Gasteiger partial charge is 0.222 e. The lowest BCUT2D eigenvalue weighted by molar-refractivity contribution is -0.135. The minimum absolute atomic E-state index is 0.272. The zero-order valence-electron chi connectivity index (χ0n) is 12.5. The molecular formula is C14H27N3O3. The summed E-state index contributed by atoms with van der Waals surface area (Å²) in [5.74, 6) is 0.272. The molecule has 6 nitrogen and oxygen atoms in total. The molecule has 20 heavy (non-hydrogen) atoms. The van der Waals surface area contributed by atoms with E-state index in [0.29, 0.717) is 19.6 Å². The predicted octanol–water partition coefficient (Wildman–Crippen LogP) is -0.454. The molecule has 0 radical (unpaired) electrons. The quantitative estimate of drug-likeness (QED) is 0.716. The Morgan fingerprint density at radius 1 is 1.25 bits per heavy atom. The largest absolute Gasteiger partial charge is 0.378 e. The van der Waals surface area contributed by atoms with Gasteiger partial charge in [0.2, 0.25) is 5.91 Å². The van der Waals surface area contributed by atoms with Crippen LogP contribution in [0, 0.1) is 0 Å². The molecule has 2 saturated heterocycles. The maximum atomic E-state index is 12.0. The van der Waals surface area contributed by atoms with E-state index in [4.69, 9.17) is 9.47 Å². The number of ether oxygens (including phenoxy) is 2. The normalized spacial score (nSPS) is 24.9. The molecule has 116 valence electrons. The second kappa shape index (κ2) is 8.56. The fraction of sp³-hybridized carbons (Fsp3) is 0.929. The van der Waals surface area contributed by atoms with Gasteiger partial charge in [-0.3, -0.25) is 9.69 Å².